The molecule has 0 aliphatic heterocycles. The molecule has 2 aromatic heterocycles. The van der Waals surface area contributed by atoms with Crippen LogP contribution in [0.25, 0.3) is 10.9 Å². The maximum Gasteiger partial charge on any atom is 0.127 e. The number of nitrogens with zero attached hydrogens (tertiary/aromatic N) is 2. The molecule has 0 spiro atoms. The predicted molar refractivity (Wildman–Crippen MR) is 114 cm³/mol. The fourth-order valence-electron chi connectivity index (χ4n) is 3.91. The Bertz CT molecular complexity index is 1110. The highest BCUT2D eigenvalue weighted by Gasteiger charge is 2.21. The van der Waals surface area contributed by atoms with Crippen LogP contribution in [0.15, 0.2) is 79.1 Å². The molecule has 4 heteroatoms. The molecule has 0 unspecified atom stereocenters. The van der Waals surface area contributed by atoms with E-state index in [0.29, 0.717) is 6.04 Å². The summed E-state index contributed by atoms with van der Waals surface area (Å²) in [6, 6.07) is 23.6. The number of aromatic nitrogens is 2. The van der Waals surface area contributed by atoms with Crippen LogP contribution in [0, 0.1) is 0 Å². The van der Waals surface area contributed by atoms with Gasteiger partial charge in [0.25, 0.3) is 0 Å². The minimum atomic E-state index is 0.349. The largest absolute Gasteiger partial charge is 0.381 e. The summed E-state index contributed by atoms with van der Waals surface area (Å²) in [7, 11) is 0. The molecule has 0 amide bonds. The Balaban J connectivity index is 1.31. The summed E-state index contributed by atoms with van der Waals surface area (Å²) in [4.78, 5) is 8.88. The van der Waals surface area contributed by atoms with Crippen LogP contribution < -0.4 is 10.6 Å². The fraction of sp³-hybridized carbons (Fsp3) is 0.167. The Labute approximate surface area is 164 Å². The molecule has 0 saturated heterocycles. The topological polar surface area (TPSA) is 49.8 Å². The van der Waals surface area contributed by atoms with Gasteiger partial charge in [-0.1, -0.05) is 24.3 Å². The number of fused-ring (bicyclic) bond motifs is 2. The van der Waals surface area contributed by atoms with E-state index in [1.165, 1.54) is 16.7 Å². The van der Waals surface area contributed by atoms with Gasteiger partial charge >= 0.3 is 0 Å². The van der Waals surface area contributed by atoms with Crippen LogP contribution in [-0.4, -0.2) is 9.97 Å². The summed E-state index contributed by atoms with van der Waals surface area (Å²) in [5.41, 5.74) is 6.16. The average Bonchev–Trinajstić information content (AvgIpc) is 3.16. The van der Waals surface area contributed by atoms with Gasteiger partial charge in [-0.05, 0) is 72.0 Å². The minimum absolute atomic E-state index is 0.349. The Morgan fingerprint density at radius 3 is 2.75 bits per heavy atom. The van der Waals surface area contributed by atoms with Crippen LogP contribution in [0.5, 0.6) is 0 Å². The summed E-state index contributed by atoms with van der Waals surface area (Å²) < 4.78 is 0. The van der Waals surface area contributed by atoms with Crippen LogP contribution >= 0.6 is 0 Å². The Morgan fingerprint density at radius 1 is 0.929 bits per heavy atom. The van der Waals surface area contributed by atoms with Crippen molar-refractivity contribution >= 4 is 22.4 Å². The lowest BCUT2D eigenvalue weighted by Gasteiger charge is -2.15. The summed E-state index contributed by atoms with van der Waals surface area (Å²) in [6.07, 6.45) is 5.89. The third-order valence-electron chi connectivity index (χ3n) is 5.39. The van der Waals surface area contributed by atoms with Gasteiger partial charge in [-0.2, -0.15) is 0 Å². The second-order valence-corrected chi connectivity index (χ2v) is 7.25. The number of benzene rings is 2. The first-order chi connectivity index (χ1) is 13.8. The van der Waals surface area contributed by atoms with E-state index >= 15 is 0 Å². The molecule has 0 fully saturated rings. The molecule has 4 nitrogen and oxygen atoms in total. The Hall–Kier alpha value is -3.40. The third-order valence-corrected chi connectivity index (χ3v) is 5.39. The molecule has 1 aliphatic carbocycles. The van der Waals surface area contributed by atoms with Crippen molar-refractivity contribution in [3.05, 3.63) is 95.8 Å². The van der Waals surface area contributed by atoms with E-state index in [2.05, 4.69) is 70.2 Å². The van der Waals surface area contributed by atoms with Crippen molar-refractivity contribution < 1.29 is 0 Å². The van der Waals surface area contributed by atoms with Gasteiger partial charge in [0, 0.05) is 30.0 Å². The van der Waals surface area contributed by atoms with Gasteiger partial charge in [-0.15, -0.1) is 0 Å². The van der Waals surface area contributed by atoms with Gasteiger partial charge in [-0.3, -0.25) is 4.98 Å². The van der Waals surface area contributed by atoms with E-state index in [0.717, 1.165) is 41.8 Å². The third kappa shape index (κ3) is 3.41. The number of anilines is 2. The van der Waals surface area contributed by atoms with Crippen molar-refractivity contribution in [1.82, 2.24) is 9.97 Å². The van der Waals surface area contributed by atoms with E-state index in [9.17, 15) is 0 Å². The maximum atomic E-state index is 4.82. The van der Waals surface area contributed by atoms with Crippen molar-refractivity contribution in [2.24, 2.45) is 0 Å². The van der Waals surface area contributed by atoms with Crippen LogP contribution in [0.4, 0.5) is 11.5 Å². The van der Waals surface area contributed by atoms with Crippen molar-refractivity contribution in [3.8, 4) is 0 Å². The zero-order valence-corrected chi connectivity index (χ0v) is 15.6. The van der Waals surface area contributed by atoms with Gasteiger partial charge in [0.1, 0.15) is 5.82 Å². The van der Waals surface area contributed by atoms with E-state index in [1.807, 2.05) is 24.5 Å². The number of aryl methyl sites for hydroxylation is 1. The quantitative estimate of drug-likeness (QED) is 0.500. The molecular weight excluding hydrogens is 344 g/mol. The summed E-state index contributed by atoms with van der Waals surface area (Å²) in [6.45, 7) is 0.780. The molecule has 2 heterocycles. The molecular formula is C24H22N4. The fourth-order valence-corrected chi connectivity index (χ4v) is 3.91. The van der Waals surface area contributed by atoms with Gasteiger partial charge in [-0.25, -0.2) is 4.98 Å². The van der Waals surface area contributed by atoms with E-state index in [1.54, 1.807) is 0 Å². The summed E-state index contributed by atoms with van der Waals surface area (Å²) in [5.74, 6) is 0.937. The maximum absolute atomic E-state index is 4.82. The highest BCUT2D eigenvalue weighted by atomic mass is 15.0. The standard InChI is InChI=1S/C24H22N4/c1-2-4-21-18(3-1)5-8-23(21)28-24-10-6-19-15-20(7-9-22(19)27-24)26-16-17-11-13-25-14-12-17/h1-4,6-7,9-15,23,26H,5,8,16H2,(H,27,28)/t23-/m1/s1. The number of pyridine rings is 2. The van der Waals surface area contributed by atoms with Gasteiger partial charge in [0.15, 0.2) is 0 Å². The molecule has 5 rings (SSSR count). The van der Waals surface area contributed by atoms with Crippen molar-refractivity contribution in [3.63, 3.8) is 0 Å². The zero-order chi connectivity index (χ0) is 18.8. The number of rotatable bonds is 5. The number of hydrogen-bond acceptors (Lipinski definition) is 4. The Kier molecular flexibility index (Phi) is 4.37. The van der Waals surface area contributed by atoms with Crippen LogP contribution in [-0.2, 0) is 13.0 Å². The molecule has 0 saturated carbocycles. The van der Waals surface area contributed by atoms with E-state index in [-0.39, 0.29) is 0 Å². The Morgan fingerprint density at radius 2 is 1.82 bits per heavy atom. The molecule has 4 aromatic rings. The zero-order valence-electron chi connectivity index (χ0n) is 15.6. The minimum Gasteiger partial charge on any atom is -0.381 e. The first kappa shape index (κ1) is 16.8. The molecule has 1 aliphatic rings. The average molecular weight is 366 g/mol. The second-order valence-electron chi connectivity index (χ2n) is 7.25. The lowest BCUT2D eigenvalue weighted by molar-refractivity contribution is 0.758. The van der Waals surface area contributed by atoms with Gasteiger partial charge < -0.3 is 10.6 Å². The number of hydrogen-bond donors (Lipinski definition) is 2. The van der Waals surface area contributed by atoms with Crippen molar-refractivity contribution in [1.29, 1.82) is 0 Å². The molecule has 28 heavy (non-hydrogen) atoms. The van der Waals surface area contributed by atoms with Crippen molar-refractivity contribution in [2.45, 2.75) is 25.4 Å². The van der Waals surface area contributed by atoms with E-state index in [4.69, 9.17) is 4.98 Å². The number of nitrogens with one attached hydrogen (secondary N) is 2. The monoisotopic (exact) mass is 366 g/mol. The second kappa shape index (κ2) is 7.31. The predicted octanol–water partition coefficient (Wildman–Crippen LogP) is 5.34. The molecule has 1 atom stereocenters. The SMILES string of the molecule is c1ccc2c(c1)CC[C@H]2Nc1ccc2cc(NCc3ccncc3)ccc2n1. The summed E-state index contributed by atoms with van der Waals surface area (Å²) in [5, 5.41) is 8.22. The highest BCUT2D eigenvalue weighted by Crippen LogP contribution is 2.33. The lowest BCUT2D eigenvalue weighted by Crippen LogP contribution is -2.08. The lowest BCUT2D eigenvalue weighted by atomic mass is 10.1. The van der Waals surface area contributed by atoms with Crippen molar-refractivity contribution in [2.75, 3.05) is 10.6 Å². The van der Waals surface area contributed by atoms with Gasteiger partial charge in [0.05, 0.1) is 11.6 Å². The molecule has 2 aromatic carbocycles. The smallest absolute Gasteiger partial charge is 0.127 e. The first-order valence-corrected chi connectivity index (χ1v) is 9.73. The van der Waals surface area contributed by atoms with Crippen LogP contribution in [0.2, 0.25) is 0 Å². The summed E-state index contributed by atoms with van der Waals surface area (Å²) >= 11 is 0. The van der Waals surface area contributed by atoms with Crippen LogP contribution in [0.3, 0.4) is 0 Å². The molecule has 0 bridgehead atoms. The first-order valence-electron chi connectivity index (χ1n) is 9.73. The normalized spacial score (nSPS) is 15.4. The molecule has 2 N–H and O–H groups in total. The highest BCUT2D eigenvalue weighted by molar-refractivity contribution is 5.83. The molecule has 138 valence electrons. The van der Waals surface area contributed by atoms with Crippen LogP contribution in [0.1, 0.15) is 29.2 Å². The molecule has 0 radical (unpaired) electrons. The van der Waals surface area contributed by atoms with E-state index < -0.39 is 0 Å². The van der Waals surface area contributed by atoms with Gasteiger partial charge in [0.2, 0.25) is 0 Å².